The summed E-state index contributed by atoms with van der Waals surface area (Å²) in [6.07, 6.45) is 3.28. The molecule has 0 bridgehead atoms. The zero-order valence-electron chi connectivity index (χ0n) is 9.07. The molecule has 1 amide bonds. The normalized spacial score (nSPS) is 15.0. The fourth-order valence-electron chi connectivity index (χ4n) is 1.46. The van der Waals surface area contributed by atoms with E-state index in [9.17, 15) is 4.79 Å². The van der Waals surface area contributed by atoms with Gasteiger partial charge in [-0.05, 0) is 12.8 Å². The molecule has 1 aliphatic rings. The third-order valence-electron chi connectivity index (χ3n) is 2.43. The molecular weight excluding hydrogens is 212 g/mol. The lowest BCUT2D eigenvalue weighted by molar-refractivity contribution is -0.132. The van der Waals surface area contributed by atoms with Gasteiger partial charge in [0.1, 0.15) is 0 Å². The number of methoxy groups -OCH3 is 1. The summed E-state index contributed by atoms with van der Waals surface area (Å²) >= 11 is 4.81. The van der Waals surface area contributed by atoms with E-state index in [2.05, 4.69) is 0 Å². The SMILES string of the molecule is COCCC(=O)N(CCC(N)=S)C1CC1. The predicted octanol–water partition coefficient (Wildman–Crippen LogP) is 0.690. The van der Waals surface area contributed by atoms with Gasteiger partial charge in [-0.15, -0.1) is 0 Å². The molecule has 0 atom stereocenters. The van der Waals surface area contributed by atoms with Gasteiger partial charge in [-0.1, -0.05) is 12.2 Å². The van der Waals surface area contributed by atoms with Gasteiger partial charge in [0, 0.05) is 26.1 Å². The Morgan fingerprint density at radius 2 is 2.20 bits per heavy atom. The van der Waals surface area contributed by atoms with Gasteiger partial charge in [-0.3, -0.25) is 4.79 Å². The molecule has 1 fully saturated rings. The van der Waals surface area contributed by atoms with E-state index in [-0.39, 0.29) is 5.91 Å². The third kappa shape index (κ3) is 4.57. The molecule has 0 radical (unpaired) electrons. The zero-order chi connectivity index (χ0) is 11.3. The van der Waals surface area contributed by atoms with Crippen LogP contribution in [-0.4, -0.2) is 42.1 Å². The molecule has 1 aliphatic carbocycles. The maximum atomic E-state index is 11.8. The quantitative estimate of drug-likeness (QED) is 0.654. The minimum absolute atomic E-state index is 0.149. The van der Waals surface area contributed by atoms with Gasteiger partial charge in [0.2, 0.25) is 5.91 Å². The Morgan fingerprint density at radius 1 is 1.53 bits per heavy atom. The number of nitrogens with zero attached hydrogens (tertiary/aromatic N) is 1. The van der Waals surface area contributed by atoms with Crippen LogP contribution >= 0.6 is 12.2 Å². The smallest absolute Gasteiger partial charge is 0.225 e. The van der Waals surface area contributed by atoms with Crippen molar-refractivity contribution in [3.63, 3.8) is 0 Å². The molecule has 0 aliphatic heterocycles. The number of carbonyl (C=O) groups excluding carboxylic acids is 1. The zero-order valence-corrected chi connectivity index (χ0v) is 9.89. The first kappa shape index (κ1) is 12.4. The number of nitrogens with two attached hydrogens (primary N) is 1. The van der Waals surface area contributed by atoms with Gasteiger partial charge < -0.3 is 15.4 Å². The first-order chi connectivity index (χ1) is 7.15. The second-order valence-electron chi connectivity index (χ2n) is 3.78. The molecule has 0 aromatic heterocycles. The van der Waals surface area contributed by atoms with Crippen LogP contribution in [0.3, 0.4) is 0 Å². The highest BCUT2D eigenvalue weighted by molar-refractivity contribution is 7.80. The Kier molecular flexibility index (Phi) is 4.98. The number of carbonyl (C=O) groups is 1. The van der Waals surface area contributed by atoms with Crippen molar-refractivity contribution < 1.29 is 9.53 Å². The summed E-state index contributed by atoms with van der Waals surface area (Å²) in [5, 5.41) is 0. The summed E-state index contributed by atoms with van der Waals surface area (Å²) in [5.74, 6) is 0.149. The van der Waals surface area contributed by atoms with Gasteiger partial charge in [0.15, 0.2) is 0 Å². The fraction of sp³-hybridized carbons (Fsp3) is 0.800. The first-order valence-corrected chi connectivity index (χ1v) is 5.62. The Hall–Kier alpha value is -0.680. The van der Waals surface area contributed by atoms with E-state index >= 15 is 0 Å². The van der Waals surface area contributed by atoms with Crippen molar-refractivity contribution in [1.82, 2.24) is 4.90 Å². The van der Waals surface area contributed by atoms with Crippen molar-refractivity contribution in [2.24, 2.45) is 5.73 Å². The average Bonchev–Trinajstić information content (AvgIpc) is 2.98. The highest BCUT2D eigenvalue weighted by atomic mass is 32.1. The molecule has 4 nitrogen and oxygen atoms in total. The lowest BCUT2D eigenvalue weighted by Crippen LogP contribution is -2.36. The Labute approximate surface area is 95.8 Å². The van der Waals surface area contributed by atoms with Crippen molar-refractivity contribution in [3.05, 3.63) is 0 Å². The minimum Gasteiger partial charge on any atom is -0.393 e. The second kappa shape index (κ2) is 6.02. The molecule has 0 aromatic rings. The van der Waals surface area contributed by atoms with Crippen LogP contribution in [0.1, 0.15) is 25.7 Å². The largest absolute Gasteiger partial charge is 0.393 e. The molecule has 2 N–H and O–H groups in total. The predicted molar refractivity (Wildman–Crippen MR) is 62.6 cm³/mol. The van der Waals surface area contributed by atoms with Gasteiger partial charge in [-0.25, -0.2) is 0 Å². The maximum Gasteiger partial charge on any atom is 0.225 e. The number of hydrogen-bond acceptors (Lipinski definition) is 3. The maximum absolute atomic E-state index is 11.8. The van der Waals surface area contributed by atoms with E-state index in [1.807, 2.05) is 4.90 Å². The molecular formula is C10H18N2O2S. The summed E-state index contributed by atoms with van der Waals surface area (Å²) < 4.78 is 4.89. The number of thiocarbonyl (C=S) groups is 1. The Balaban J connectivity index is 2.35. The van der Waals surface area contributed by atoms with Crippen LogP contribution in [0.15, 0.2) is 0 Å². The van der Waals surface area contributed by atoms with E-state index in [0.29, 0.717) is 37.0 Å². The first-order valence-electron chi connectivity index (χ1n) is 5.22. The lowest BCUT2D eigenvalue weighted by atomic mass is 10.3. The number of ether oxygens (including phenoxy) is 1. The van der Waals surface area contributed by atoms with Crippen LogP contribution in [0.4, 0.5) is 0 Å². The summed E-state index contributed by atoms with van der Waals surface area (Å²) in [4.78, 5) is 14.1. The summed E-state index contributed by atoms with van der Waals surface area (Å²) in [5.41, 5.74) is 5.43. The lowest BCUT2D eigenvalue weighted by Gasteiger charge is -2.22. The van der Waals surface area contributed by atoms with Gasteiger partial charge in [0.05, 0.1) is 18.0 Å². The highest BCUT2D eigenvalue weighted by Crippen LogP contribution is 2.27. The average molecular weight is 230 g/mol. The van der Waals surface area contributed by atoms with Crippen molar-refractivity contribution in [2.45, 2.75) is 31.7 Å². The van der Waals surface area contributed by atoms with E-state index < -0.39 is 0 Å². The summed E-state index contributed by atoms with van der Waals surface area (Å²) in [6, 6.07) is 0.420. The van der Waals surface area contributed by atoms with Crippen molar-refractivity contribution in [1.29, 1.82) is 0 Å². The summed E-state index contributed by atoms with van der Waals surface area (Å²) in [6.45, 7) is 1.14. The third-order valence-corrected chi connectivity index (χ3v) is 2.63. The molecule has 86 valence electrons. The van der Waals surface area contributed by atoms with Gasteiger partial charge >= 0.3 is 0 Å². The molecule has 1 rings (SSSR count). The molecule has 1 saturated carbocycles. The second-order valence-corrected chi connectivity index (χ2v) is 4.30. The van der Waals surface area contributed by atoms with Crippen molar-refractivity contribution in [3.8, 4) is 0 Å². The molecule has 0 heterocycles. The molecule has 0 saturated heterocycles. The van der Waals surface area contributed by atoms with Crippen LogP contribution in [0.5, 0.6) is 0 Å². The van der Waals surface area contributed by atoms with Crippen molar-refractivity contribution >= 4 is 23.1 Å². The van der Waals surface area contributed by atoms with Crippen LogP contribution in [0, 0.1) is 0 Å². The molecule has 0 aromatic carbocycles. The molecule has 15 heavy (non-hydrogen) atoms. The van der Waals surface area contributed by atoms with E-state index in [1.54, 1.807) is 7.11 Å². The summed E-state index contributed by atoms with van der Waals surface area (Å²) in [7, 11) is 1.60. The monoisotopic (exact) mass is 230 g/mol. The standard InChI is InChI=1S/C10H18N2O2S/c1-14-7-5-10(13)12(8-2-3-8)6-4-9(11)15/h8H,2-7H2,1H3,(H2,11,15). The van der Waals surface area contributed by atoms with Crippen LogP contribution in [-0.2, 0) is 9.53 Å². The van der Waals surface area contributed by atoms with E-state index in [0.717, 1.165) is 12.8 Å². The number of rotatable bonds is 7. The van der Waals surface area contributed by atoms with Crippen LogP contribution < -0.4 is 5.73 Å². The highest BCUT2D eigenvalue weighted by Gasteiger charge is 2.31. The Bertz CT molecular complexity index is 242. The van der Waals surface area contributed by atoms with Crippen molar-refractivity contribution in [2.75, 3.05) is 20.3 Å². The van der Waals surface area contributed by atoms with E-state index in [4.69, 9.17) is 22.7 Å². The molecule has 0 unspecified atom stereocenters. The fourth-order valence-corrected chi connectivity index (χ4v) is 1.55. The molecule has 5 heteroatoms. The van der Waals surface area contributed by atoms with Gasteiger partial charge in [-0.2, -0.15) is 0 Å². The number of amides is 1. The van der Waals surface area contributed by atoms with Crippen LogP contribution in [0.2, 0.25) is 0 Å². The van der Waals surface area contributed by atoms with E-state index in [1.165, 1.54) is 0 Å². The number of hydrogen-bond donors (Lipinski definition) is 1. The Morgan fingerprint density at radius 3 is 2.67 bits per heavy atom. The van der Waals surface area contributed by atoms with Crippen LogP contribution in [0.25, 0.3) is 0 Å². The van der Waals surface area contributed by atoms with Gasteiger partial charge in [0.25, 0.3) is 0 Å². The topological polar surface area (TPSA) is 55.6 Å². The minimum atomic E-state index is 0.149. The molecule has 0 spiro atoms.